The summed E-state index contributed by atoms with van der Waals surface area (Å²) in [4.78, 5) is 12.0. The first-order valence-corrected chi connectivity index (χ1v) is 7.52. The van der Waals surface area contributed by atoms with Crippen LogP contribution in [0, 0.1) is 0 Å². The van der Waals surface area contributed by atoms with Crippen molar-refractivity contribution in [3.63, 3.8) is 0 Å². The molecule has 1 aliphatic rings. The van der Waals surface area contributed by atoms with E-state index in [1.165, 1.54) is 25.7 Å². The minimum atomic E-state index is -0.401. The van der Waals surface area contributed by atoms with Gasteiger partial charge in [0.25, 0.3) is 0 Å². The molecular weight excluding hydrogens is 254 g/mol. The number of rotatable bonds is 8. The summed E-state index contributed by atoms with van der Waals surface area (Å²) >= 11 is 0. The Balaban J connectivity index is 1.81. The van der Waals surface area contributed by atoms with E-state index in [1.54, 1.807) is 7.11 Å². The van der Waals surface area contributed by atoms with E-state index < -0.39 is 6.04 Å². The average molecular weight is 279 g/mol. The molecule has 20 heavy (non-hydrogen) atoms. The van der Waals surface area contributed by atoms with Crippen LogP contribution in [-0.4, -0.2) is 35.3 Å². The largest absolute Gasteiger partial charge is 0.385 e. The van der Waals surface area contributed by atoms with E-state index in [-0.39, 0.29) is 5.78 Å². The standard InChI is InChI=1S/C15H25N3O2/c1-20-10-4-7-14(16)15(19)11-12-8-9-18(17-12)13-5-2-3-6-13/h8-9,13-14H,2-7,10-11,16H2,1H3. The van der Waals surface area contributed by atoms with Gasteiger partial charge >= 0.3 is 0 Å². The molecule has 5 nitrogen and oxygen atoms in total. The van der Waals surface area contributed by atoms with Gasteiger partial charge in [-0.05, 0) is 31.7 Å². The van der Waals surface area contributed by atoms with Crippen LogP contribution < -0.4 is 5.73 Å². The fourth-order valence-electron chi connectivity index (χ4n) is 2.76. The second-order valence-electron chi connectivity index (χ2n) is 5.61. The van der Waals surface area contributed by atoms with Crippen molar-refractivity contribution in [3.05, 3.63) is 18.0 Å². The molecule has 1 atom stereocenters. The van der Waals surface area contributed by atoms with Crippen molar-refractivity contribution in [2.24, 2.45) is 5.73 Å². The molecule has 1 aromatic heterocycles. The summed E-state index contributed by atoms with van der Waals surface area (Å²) in [5, 5.41) is 4.53. The molecule has 0 aliphatic heterocycles. The van der Waals surface area contributed by atoms with Crippen LogP contribution >= 0.6 is 0 Å². The van der Waals surface area contributed by atoms with Crippen LogP contribution in [0.5, 0.6) is 0 Å². The molecule has 0 amide bonds. The van der Waals surface area contributed by atoms with Gasteiger partial charge in [0.15, 0.2) is 5.78 Å². The van der Waals surface area contributed by atoms with Crippen LogP contribution in [0.3, 0.4) is 0 Å². The Hall–Kier alpha value is -1.20. The topological polar surface area (TPSA) is 70.1 Å². The maximum absolute atomic E-state index is 12.0. The molecule has 2 N–H and O–H groups in total. The zero-order chi connectivity index (χ0) is 14.4. The zero-order valence-corrected chi connectivity index (χ0v) is 12.3. The Morgan fingerprint density at radius 2 is 2.30 bits per heavy atom. The Morgan fingerprint density at radius 3 is 3.00 bits per heavy atom. The Morgan fingerprint density at radius 1 is 1.55 bits per heavy atom. The molecule has 1 heterocycles. The number of Topliss-reactive ketones (excluding diaryl/α,β-unsaturated/α-hetero) is 1. The number of hydrogen-bond donors (Lipinski definition) is 1. The fraction of sp³-hybridized carbons (Fsp3) is 0.733. The third kappa shape index (κ3) is 4.15. The summed E-state index contributed by atoms with van der Waals surface area (Å²) in [5.74, 6) is 0.0674. The van der Waals surface area contributed by atoms with Gasteiger partial charge in [-0.2, -0.15) is 5.10 Å². The minimum Gasteiger partial charge on any atom is -0.385 e. The van der Waals surface area contributed by atoms with Gasteiger partial charge in [-0.1, -0.05) is 12.8 Å². The van der Waals surface area contributed by atoms with Gasteiger partial charge in [0.05, 0.1) is 24.2 Å². The molecule has 1 unspecified atom stereocenters. The summed E-state index contributed by atoms with van der Waals surface area (Å²) in [6, 6.07) is 2.06. The van der Waals surface area contributed by atoms with Gasteiger partial charge in [0, 0.05) is 19.9 Å². The number of aromatic nitrogens is 2. The SMILES string of the molecule is COCCCC(N)C(=O)Cc1ccn(C2CCCC2)n1. The quantitative estimate of drug-likeness (QED) is 0.737. The van der Waals surface area contributed by atoms with Gasteiger partial charge in [-0.15, -0.1) is 0 Å². The maximum atomic E-state index is 12.0. The summed E-state index contributed by atoms with van der Waals surface area (Å²) in [7, 11) is 1.66. The summed E-state index contributed by atoms with van der Waals surface area (Å²) in [6.07, 6.45) is 8.79. The van der Waals surface area contributed by atoms with Crippen LogP contribution in [0.1, 0.15) is 50.3 Å². The molecule has 0 saturated heterocycles. The van der Waals surface area contributed by atoms with Crippen molar-refractivity contribution in [1.29, 1.82) is 0 Å². The lowest BCUT2D eigenvalue weighted by Crippen LogP contribution is -2.32. The molecule has 1 fully saturated rings. The highest BCUT2D eigenvalue weighted by atomic mass is 16.5. The molecule has 1 aliphatic carbocycles. The molecular formula is C15H25N3O2. The molecule has 1 aromatic rings. The summed E-state index contributed by atoms with van der Waals surface area (Å²) in [6.45, 7) is 0.650. The number of carbonyl (C=O) groups is 1. The van der Waals surface area contributed by atoms with Crippen molar-refractivity contribution >= 4 is 5.78 Å². The van der Waals surface area contributed by atoms with Gasteiger partial charge in [-0.25, -0.2) is 0 Å². The lowest BCUT2D eigenvalue weighted by Gasteiger charge is -2.10. The number of ketones is 1. The first-order valence-electron chi connectivity index (χ1n) is 7.52. The van der Waals surface area contributed by atoms with Crippen molar-refractivity contribution in [2.45, 2.75) is 57.0 Å². The van der Waals surface area contributed by atoms with E-state index in [9.17, 15) is 4.79 Å². The van der Waals surface area contributed by atoms with E-state index >= 15 is 0 Å². The number of ether oxygens (including phenoxy) is 1. The van der Waals surface area contributed by atoms with Gasteiger partial charge in [0.1, 0.15) is 0 Å². The molecule has 0 radical (unpaired) electrons. The van der Waals surface area contributed by atoms with E-state index in [4.69, 9.17) is 10.5 Å². The molecule has 112 valence electrons. The predicted octanol–water partition coefficient (Wildman–Crippen LogP) is 1.86. The van der Waals surface area contributed by atoms with Crippen molar-refractivity contribution in [2.75, 3.05) is 13.7 Å². The summed E-state index contributed by atoms with van der Waals surface area (Å²) in [5.41, 5.74) is 6.73. The van der Waals surface area contributed by atoms with Crippen LogP contribution in [0.4, 0.5) is 0 Å². The highest BCUT2D eigenvalue weighted by Crippen LogP contribution is 2.28. The monoisotopic (exact) mass is 279 g/mol. The van der Waals surface area contributed by atoms with E-state index in [0.29, 0.717) is 25.5 Å². The lowest BCUT2D eigenvalue weighted by atomic mass is 10.0. The van der Waals surface area contributed by atoms with Gasteiger partial charge < -0.3 is 10.5 Å². The van der Waals surface area contributed by atoms with Crippen LogP contribution in [-0.2, 0) is 16.0 Å². The van der Waals surface area contributed by atoms with Gasteiger partial charge in [0.2, 0.25) is 0 Å². The Kier molecular flexibility index (Phi) is 5.73. The Labute approximate surface area is 120 Å². The first-order chi connectivity index (χ1) is 9.70. The third-order valence-electron chi connectivity index (χ3n) is 3.99. The number of nitrogens with two attached hydrogens (primary N) is 1. The van der Waals surface area contributed by atoms with Crippen molar-refractivity contribution in [1.82, 2.24) is 9.78 Å². The van der Waals surface area contributed by atoms with Crippen LogP contribution in [0.2, 0.25) is 0 Å². The molecule has 0 aromatic carbocycles. The highest BCUT2D eigenvalue weighted by molar-refractivity contribution is 5.85. The molecule has 0 bridgehead atoms. The number of nitrogens with zero attached hydrogens (tertiary/aromatic N) is 2. The third-order valence-corrected chi connectivity index (χ3v) is 3.99. The predicted molar refractivity (Wildman–Crippen MR) is 77.5 cm³/mol. The van der Waals surface area contributed by atoms with Crippen LogP contribution in [0.15, 0.2) is 12.3 Å². The first kappa shape index (κ1) is 15.2. The average Bonchev–Trinajstić information content (AvgIpc) is 3.08. The molecule has 2 rings (SSSR count). The zero-order valence-electron chi connectivity index (χ0n) is 12.3. The normalized spacial score (nSPS) is 17.5. The molecule has 0 spiro atoms. The van der Waals surface area contributed by atoms with E-state index in [1.807, 2.05) is 16.9 Å². The van der Waals surface area contributed by atoms with Gasteiger partial charge in [-0.3, -0.25) is 9.48 Å². The lowest BCUT2D eigenvalue weighted by molar-refractivity contribution is -0.119. The second-order valence-corrected chi connectivity index (χ2v) is 5.61. The fourth-order valence-corrected chi connectivity index (χ4v) is 2.76. The highest BCUT2D eigenvalue weighted by Gasteiger charge is 2.19. The Bertz CT molecular complexity index is 425. The van der Waals surface area contributed by atoms with Crippen molar-refractivity contribution < 1.29 is 9.53 Å². The van der Waals surface area contributed by atoms with E-state index in [0.717, 1.165) is 12.1 Å². The minimum absolute atomic E-state index is 0.0674. The maximum Gasteiger partial charge on any atom is 0.155 e. The van der Waals surface area contributed by atoms with Crippen LogP contribution in [0.25, 0.3) is 0 Å². The smallest absolute Gasteiger partial charge is 0.155 e. The van der Waals surface area contributed by atoms with Crippen molar-refractivity contribution in [3.8, 4) is 0 Å². The number of carbonyl (C=O) groups excluding carboxylic acids is 1. The number of hydrogen-bond acceptors (Lipinski definition) is 4. The van der Waals surface area contributed by atoms with E-state index in [2.05, 4.69) is 5.10 Å². The number of methoxy groups -OCH3 is 1. The molecule has 5 heteroatoms. The summed E-state index contributed by atoms with van der Waals surface area (Å²) < 4.78 is 6.99. The molecule has 1 saturated carbocycles. The second kappa shape index (κ2) is 7.55.